The summed E-state index contributed by atoms with van der Waals surface area (Å²) in [7, 11) is 0. The first-order valence-corrected chi connectivity index (χ1v) is 11.9. The Morgan fingerprint density at radius 2 is 1.79 bits per heavy atom. The number of rotatable bonds is 6. The zero-order chi connectivity index (χ0) is 23.2. The van der Waals surface area contributed by atoms with Gasteiger partial charge >= 0.3 is 0 Å². The molecule has 1 saturated carbocycles. The summed E-state index contributed by atoms with van der Waals surface area (Å²) in [6.45, 7) is 3.82. The van der Waals surface area contributed by atoms with Gasteiger partial charge < -0.3 is 14.6 Å². The number of hydrogen-bond donors (Lipinski definition) is 1. The van der Waals surface area contributed by atoms with E-state index in [0.29, 0.717) is 30.5 Å². The third-order valence-corrected chi connectivity index (χ3v) is 6.82. The van der Waals surface area contributed by atoms with E-state index in [-0.39, 0.29) is 16.7 Å². The predicted molar refractivity (Wildman–Crippen MR) is 132 cm³/mol. The second-order valence-electron chi connectivity index (χ2n) is 9.39. The number of nitrogens with zero attached hydrogens (tertiary/aromatic N) is 2. The van der Waals surface area contributed by atoms with Gasteiger partial charge in [-0.25, -0.2) is 4.39 Å². The van der Waals surface area contributed by atoms with Crippen LogP contribution in [0.25, 0.3) is 22.1 Å². The van der Waals surface area contributed by atoms with E-state index in [1.54, 1.807) is 6.07 Å². The van der Waals surface area contributed by atoms with Crippen LogP contribution >= 0.6 is 0 Å². The molecule has 0 bridgehead atoms. The maximum Gasteiger partial charge on any atom is 0.253 e. The van der Waals surface area contributed by atoms with Gasteiger partial charge in [-0.2, -0.15) is 0 Å². The lowest BCUT2D eigenvalue weighted by molar-refractivity contribution is 0.263. The number of benzene rings is 2. The Balaban J connectivity index is 1.15. The average molecular weight is 460 g/mol. The van der Waals surface area contributed by atoms with Crippen LogP contribution < -0.4 is 21.1 Å². The van der Waals surface area contributed by atoms with Crippen molar-refractivity contribution in [2.45, 2.75) is 31.8 Å². The summed E-state index contributed by atoms with van der Waals surface area (Å²) in [4.78, 5) is 28.7. The van der Waals surface area contributed by atoms with Gasteiger partial charge in [0, 0.05) is 37.6 Å². The van der Waals surface area contributed by atoms with Crippen molar-refractivity contribution in [3.63, 3.8) is 0 Å². The van der Waals surface area contributed by atoms with Crippen molar-refractivity contribution >= 4 is 22.3 Å². The maximum absolute atomic E-state index is 13.6. The van der Waals surface area contributed by atoms with Crippen molar-refractivity contribution in [1.29, 1.82) is 0 Å². The molecule has 7 heteroatoms. The highest BCUT2D eigenvalue weighted by Crippen LogP contribution is 2.30. The van der Waals surface area contributed by atoms with Crippen LogP contribution in [0.3, 0.4) is 0 Å². The maximum atomic E-state index is 13.6. The highest BCUT2D eigenvalue weighted by molar-refractivity contribution is 5.84. The molecule has 34 heavy (non-hydrogen) atoms. The molecule has 6 nitrogen and oxygen atoms in total. The lowest BCUT2D eigenvalue weighted by Crippen LogP contribution is -2.44. The quantitative estimate of drug-likeness (QED) is 0.438. The van der Waals surface area contributed by atoms with Crippen LogP contribution in [0.5, 0.6) is 0 Å². The molecule has 1 aliphatic heterocycles. The molecule has 0 radical (unpaired) electrons. The standard InChI is InChI=1S/C27H26FN3O3/c28-20-4-1-3-17(14-20)18-5-8-23-19(13-18)15-22(34-23)16-30-9-2-10-31(12-11-30)25-24(26(32)27(25)33)29-21-6-7-21/h1,3-5,8,13-15,21,29H,2,6-7,9-12,16H2. The number of anilines is 2. The number of fused-ring (bicyclic) bond motifs is 1. The average Bonchev–Trinajstić information content (AvgIpc) is 3.61. The van der Waals surface area contributed by atoms with Crippen molar-refractivity contribution in [2.75, 3.05) is 36.4 Å². The predicted octanol–water partition coefficient (Wildman–Crippen LogP) is 4.12. The van der Waals surface area contributed by atoms with Crippen LogP contribution in [0, 0.1) is 5.82 Å². The molecule has 2 fully saturated rings. The monoisotopic (exact) mass is 459 g/mol. The van der Waals surface area contributed by atoms with Gasteiger partial charge in [0.2, 0.25) is 0 Å². The summed E-state index contributed by atoms with van der Waals surface area (Å²) in [5.74, 6) is 0.630. The van der Waals surface area contributed by atoms with Gasteiger partial charge in [0.1, 0.15) is 28.5 Å². The Morgan fingerprint density at radius 1 is 0.941 bits per heavy atom. The summed E-state index contributed by atoms with van der Waals surface area (Å²) in [5.41, 5.74) is 2.97. The molecule has 174 valence electrons. The Hall–Kier alpha value is -3.45. The van der Waals surface area contributed by atoms with E-state index in [9.17, 15) is 14.0 Å². The molecule has 0 unspecified atom stereocenters. The number of halogens is 1. The molecule has 1 aliphatic carbocycles. The minimum atomic E-state index is -0.372. The molecule has 0 spiro atoms. The Bertz CT molecular complexity index is 1430. The van der Waals surface area contributed by atoms with Gasteiger partial charge in [-0.1, -0.05) is 18.2 Å². The van der Waals surface area contributed by atoms with Crippen molar-refractivity contribution in [1.82, 2.24) is 4.90 Å². The van der Waals surface area contributed by atoms with Crippen LogP contribution in [-0.2, 0) is 6.54 Å². The fraction of sp³-hybridized carbons (Fsp3) is 0.333. The molecule has 6 rings (SSSR count). The zero-order valence-corrected chi connectivity index (χ0v) is 18.9. The van der Waals surface area contributed by atoms with E-state index in [4.69, 9.17) is 4.42 Å². The molecule has 0 atom stereocenters. The first-order valence-electron chi connectivity index (χ1n) is 11.9. The van der Waals surface area contributed by atoms with Gasteiger partial charge in [-0.05, 0) is 60.7 Å². The molecule has 1 N–H and O–H groups in total. The summed E-state index contributed by atoms with van der Waals surface area (Å²) < 4.78 is 19.7. The topological polar surface area (TPSA) is 65.8 Å². The van der Waals surface area contributed by atoms with E-state index in [1.165, 1.54) is 12.1 Å². The number of hydrogen-bond acceptors (Lipinski definition) is 6. The van der Waals surface area contributed by atoms with E-state index in [0.717, 1.165) is 66.8 Å². The van der Waals surface area contributed by atoms with E-state index in [2.05, 4.69) is 21.2 Å². The lowest BCUT2D eigenvalue weighted by Gasteiger charge is -2.26. The normalized spacial score (nSPS) is 17.4. The van der Waals surface area contributed by atoms with Crippen molar-refractivity contribution in [3.8, 4) is 11.1 Å². The molecule has 1 aromatic heterocycles. The highest BCUT2D eigenvalue weighted by atomic mass is 19.1. The zero-order valence-electron chi connectivity index (χ0n) is 18.9. The third kappa shape index (κ3) is 4.01. The minimum Gasteiger partial charge on any atom is -0.460 e. The Kier molecular flexibility index (Phi) is 5.21. The second kappa shape index (κ2) is 8.40. The summed E-state index contributed by atoms with van der Waals surface area (Å²) in [5, 5.41) is 4.24. The summed E-state index contributed by atoms with van der Waals surface area (Å²) in [6, 6.07) is 14.9. The molecule has 1 saturated heterocycles. The van der Waals surface area contributed by atoms with Crippen molar-refractivity contribution < 1.29 is 8.81 Å². The highest BCUT2D eigenvalue weighted by Gasteiger charge is 2.31. The van der Waals surface area contributed by atoms with Gasteiger partial charge in [0.05, 0.1) is 6.54 Å². The van der Waals surface area contributed by atoms with Crippen LogP contribution in [0.2, 0.25) is 0 Å². The first-order chi connectivity index (χ1) is 16.5. The smallest absolute Gasteiger partial charge is 0.253 e. The summed E-state index contributed by atoms with van der Waals surface area (Å²) in [6.07, 6.45) is 3.03. The molecule has 3 aromatic carbocycles. The third-order valence-electron chi connectivity index (χ3n) is 6.82. The molecule has 2 heterocycles. The fourth-order valence-corrected chi connectivity index (χ4v) is 4.84. The van der Waals surface area contributed by atoms with Gasteiger partial charge in [-0.15, -0.1) is 0 Å². The summed E-state index contributed by atoms with van der Waals surface area (Å²) >= 11 is 0. The van der Waals surface area contributed by atoms with E-state index >= 15 is 0 Å². The van der Waals surface area contributed by atoms with Crippen molar-refractivity contribution in [3.05, 3.63) is 80.6 Å². The molecular formula is C27H26FN3O3. The van der Waals surface area contributed by atoms with Crippen LogP contribution in [0.15, 0.2) is 62.5 Å². The first kappa shape index (κ1) is 21.1. The van der Waals surface area contributed by atoms with Crippen LogP contribution in [0.4, 0.5) is 15.8 Å². The van der Waals surface area contributed by atoms with E-state index < -0.39 is 0 Å². The minimum absolute atomic E-state index is 0.250. The molecular weight excluding hydrogens is 433 g/mol. The number of furan rings is 1. The fourth-order valence-electron chi connectivity index (χ4n) is 4.84. The largest absolute Gasteiger partial charge is 0.460 e. The van der Waals surface area contributed by atoms with Gasteiger partial charge in [-0.3, -0.25) is 14.5 Å². The number of nitrogens with one attached hydrogen (secondary N) is 1. The van der Waals surface area contributed by atoms with E-state index in [1.807, 2.05) is 24.3 Å². The van der Waals surface area contributed by atoms with Gasteiger partial charge in [0.15, 0.2) is 0 Å². The van der Waals surface area contributed by atoms with Crippen LogP contribution in [-0.4, -0.2) is 37.1 Å². The molecule has 0 amide bonds. The SMILES string of the molecule is O=c1c(NC2CC2)c(N2CCCN(Cc3cc4cc(-c5cccc(F)c5)ccc4o3)CC2)c1=O. The molecule has 2 aliphatic rings. The van der Waals surface area contributed by atoms with Crippen LogP contribution in [0.1, 0.15) is 25.0 Å². The molecule has 4 aromatic rings. The second-order valence-corrected chi connectivity index (χ2v) is 9.39. The Labute approximate surface area is 196 Å². The van der Waals surface area contributed by atoms with Gasteiger partial charge in [0.25, 0.3) is 10.9 Å². The Morgan fingerprint density at radius 3 is 2.62 bits per heavy atom. The lowest BCUT2D eigenvalue weighted by atomic mass is 10.0. The van der Waals surface area contributed by atoms with Crippen molar-refractivity contribution in [2.24, 2.45) is 0 Å².